The second-order valence-electron chi connectivity index (χ2n) is 6.59. The Morgan fingerprint density at radius 2 is 1.81 bits per heavy atom. The second-order valence-corrected chi connectivity index (χ2v) is 6.59. The Hall–Kier alpha value is -2.07. The van der Waals surface area contributed by atoms with Crippen molar-refractivity contribution >= 4 is 12.0 Å². The predicted octanol–water partition coefficient (Wildman–Crippen LogP) is 5.31. The highest BCUT2D eigenvalue weighted by molar-refractivity contribution is 5.65. The molecule has 0 saturated carbocycles. The molecule has 1 aromatic rings. The number of esters is 1. The third-order valence-corrected chi connectivity index (χ3v) is 4.14. The van der Waals surface area contributed by atoms with Gasteiger partial charge in [0.2, 0.25) is 0 Å². The van der Waals surface area contributed by atoms with E-state index < -0.39 is 6.10 Å². The minimum Gasteiger partial charge on any atom is -0.489 e. The molecule has 4 heteroatoms. The van der Waals surface area contributed by atoms with Crippen molar-refractivity contribution in [3.63, 3.8) is 0 Å². The first kappa shape index (κ1) is 23.0. The summed E-state index contributed by atoms with van der Waals surface area (Å²) in [6, 6.07) is 7.68. The summed E-state index contributed by atoms with van der Waals surface area (Å²) >= 11 is 0. The topological polar surface area (TPSA) is 55.8 Å². The van der Waals surface area contributed by atoms with E-state index in [9.17, 15) is 9.90 Å². The molecule has 1 aromatic carbocycles. The third kappa shape index (κ3) is 12.0. The molecule has 0 aliphatic carbocycles. The summed E-state index contributed by atoms with van der Waals surface area (Å²) in [5, 5.41) is 10.0. The van der Waals surface area contributed by atoms with Gasteiger partial charge in [0.25, 0.3) is 0 Å². The maximum Gasteiger partial charge on any atom is 0.302 e. The molecule has 27 heavy (non-hydrogen) atoms. The Balaban J connectivity index is 2.34. The van der Waals surface area contributed by atoms with Crippen LogP contribution >= 0.6 is 0 Å². The van der Waals surface area contributed by atoms with Gasteiger partial charge >= 0.3 is 5.97 Å². The van der Waals surface area contributed by atoms with Gasteiger partial charge in [0, 0.05) is 12.5 Å². The molecule has 1 N–H and O–H groups in total. The molecule has 0 aliphatic rings. The van der Waals surface area contributed by atoms with Crippen molar-refractivity contribution < 1.29 is 19.4 Å². The molecule has 0 aliphatic heterocycles. The molecule has 0 radical (unpaired) electrons. The lowest BCUT2D eigenvalue weighted by Gasteiger charge is -2.09. The summed E-state index contributed by atoms with van der Waals surface area (Å²) in [6.07, 6.45) is 15.4. The first-order valence-electron chi connectivity index (χ1n) is 10.0. The zero-order valence-electron chi connectivity index (χ0n) is 16.7. The smallest absolute Gasteiger partial charge is 0.302 e. The van der Waals surface area contributed by atoms with E-state index >= 15 is 0 Å². The summed E-state index contributed by atoms with van der Waals surface area (Å²) in [6.45, 7) is 4.15. The molecular formula is C23H34O4. The van der Waals surface area contributed by atoms with Gasteiger partial charge in [-0.15, -0.1) is 0 Å². The molecule has 0 bridgehead atoms. The van der Waals surface area contributed by atoms with Gasteiger partial charge in [-0.3, -0.25) is 4.79 Å². The zero-order valence-corrected chi connectivity index (χ0v) is 16.7. The third-order valence-electron chi connectivity index (χ3n) is 4.14. The normalized spacial score (nSPS) is 12.6. The average molecular weight is 375 g/mol. The first-order chi connectivity index (χ1) is 13.1. The maximum absolute atomic E-state index is 10.8. The van der Waals surface area contributed by atoms with Crippen LogP contribution in [0.2, 0.25) is 0 Å². The molecule has 0 heterocycles. The Kier molecular flexibility index (Phi) is 12.8. The fourth-order valence-electron chi connectivity index (χ4n) is 2.67. The van der Waals surface area contributed by atoms with Gasteiger partial charge in [0.1, 0.15) is 19.0 Å². The largest absolute Gasteiger partial charge is 0.489 e. The molecule has 0 saturated heterocycles. The van der Waals surface area contributed by atoms with Crippen LogP contribution in [0.4, 0.5) is 0 Å². The van der Waals surface area contributed by atoms with Crippen molar-refractivity contribution in [2.45, 2.75) is 64.9 Å². The molecule has 1 atom stereocenters. The van der Waals surface area contributed by atoms with Gasteiger partial charge in [-0.2, -0.15) is 0 Å². The highest BCUT2D eigenvalue weighted by Gasteiger charge is 2.01. The number of benzene rings is 1. The van der Waals surface area contributed by atoms with Crippen LogP contribution in [0, 0.1) is 0 Å². The van der Waals surface area contributed by atoms with Gasteiger partial charge in [-0.25, -0.2) is 0 Å². The monoisotopic (exact) mass is 374 g/mol. The number of para-hydroxylation sites is 1. The van der Waals surface area contributed by atoms with E-state index in [0.29, 0.717) is 6.61 Å². The first-order valence-corrected chi connectivity index (χ1v) is 10.0. The molecular weight excluding hydrogens is 340 g/mol. The maximum atomic E-state index is 10.8. The van der Waals surface area contributed by atoms with Crippen molar-refractivity contribution in [3.05, 3.63) is 48.1 Å². The van der Waals surface area contributed by atoms with Crippen LogP contribution < -0.4 is 4.74 Å². The summed E-state index contributed by atoms with van der Waals surface area (Å²) in [5.41, 5.74) is 0.940. The molecule has 0 amide bonds. The van der Waals surface area contributed by atoms with Gasteiger partial charge in [-0.1, -0.05) is 88.0 Å². The standard InChI is InChI=1S/C23H34O4/c1-3-4-5-6-7-8-15-22(25)16-11-9-13-21-14-10-12-17-23(21)27-19-18-26-20(2)24/h9-14,16-17,22,25H,3-8,15,18-19H2,1-2H3. The summed E-state index contributed by atoms with van der Waals surface area (Å²) < 4.78 is 10.5. The van der Waals surface area contributed by atoms with Gasteiger partial charge in [0.15, 0.2) is 0 Å². The van der Waals surface area contributed by atoms with E-state index in [0.717, 1.165) is 24.2 Å². The van der Waals surface area contributed by atoms with Crippen LogP contribution in [0.15, 0.2) is 42.5 Å². The van der Waals surface area contributed by atoms with Crippen molar-refractivity contribution in [1.29, 1.82) is 0 Å². The number of allylic oxidation sites excluding steroid dienone is 2. The number of carbonyl (C=O) groups excluding carboxylic acids is 1. The highest BCUT2D eigenvalue weighted by Crippen LogP contribution is 2.19. The number of aliphatic hydroxyl groups is 1. The Morgan fingerprint density at radius 3 is 2.59 bits per heavy atom. The van der Waals surface area contributed by atoms with Crippen molar-refractivity contribution in [2.24, 2.45) is 0 Å². The van der Waals surface area contributed by atoms with E-state index in [1.807, 2.05) is 48.6 Å². The second kappa shape index (κ2) is 15.0. The summed E-state index contributed by atoms with van der Waals surface area (Å²) in [5.74, 6) is 0.429. The van der Waals surface area contributed by atoms with Crippen LogP contribution in [-0.4, -0.2) is 30.4 Å². The minimum absolute atomic E-state index is 0.234. The molecule has 150 valence electrons. The van der Waals surface area contributed by atoms with Gasteiger partial charge in [-0.05, 0) is 12.5 Å². The molecule has 1 unspecified atom stereocenters. The van der Waals surface area contributed by atoms with Crippen LogP contribution in [0.3, 0.4) is 0 Å². The van der Waals surface area contributed by atoms with E-state index in [4.69, 9.17) is 9.47 Å². The van der Waals surface area contributed by atoms with E-state index in [1.54, 1.807) is 0 Å². The van der Waals surface area contributed by atoms with Crippen molar-refractivity contribution in [2.75, 3.05) is 13.2 Å². The quantitative estimate of drug-likeness (QED) is 0.272. The van der Waals surface area contributed by atoms with Crippen LogP contribution in [-0.2, 0) is 9.53 Å². The van der Waals surface area contributed by atoms with Crippen molar-refractivity contribution in [1.82, 2.24) is 0 Å². The fourth-order valence-corrected chi connectivity index (χ4v) is 2.67. The number of hydrogen-bond acceptors (Lipinski definition) is 4. The lowest BCUT2D eigenvalue weighted by molar-refractivity contribution is -0.141. The van der Waals surface area contributed by atoms with Gasteiger partial charge < -0.3 is 14.6 Å². The summed E-state index contributed by atoms with van der Waals surface area (Å²) in [4.78, 5) is 10.8. The Labute approximate surface area is 163 Å². The number of rotatable bonds is 14. The van der Waals surface area contributed by atoms with Crippen LogP contribution in [0.1, 0.15) is 64.4 Å². The lowest BCUT2D eigenvalue weighted by atomic mass is 10.1. The molecule has 0 aromatic heterocycles. The van der Waals surface area contributed by atoms with E-state index in [1.165, 1.54) is 39.0 Å². The van der Waals surface area contributed by atoms with Gasteiger partial charge in [0.05, 0.1) is 6.10 Å². The Bertz CT molecular complexity index is 577. The Morgan fingerprint density at radius 1 is 1.07 bits per heavy atom. The molecule has 0 fully saturated rings. The van der Waals surface area contributed by atoms with E-state index in [2.05, 4.69) is 6.92 Å². The van der Waals surface area contributed by atoms with Crippen LogP contribution in [0.5, 0.6) is 5.75 Å². The zero-order chi connectivity index (χ0) is 19.7. The molecule has 4 nitrogen and oxygen atoms in total. The number of unbranched alkanes of at least 4 members (excludes halogenated alkanes) is 5. The highest BCUT2D eigenvalue weighted by atomic mass is 16.6. The number of carbonyl (C=O) groups is 1. The fraction of sp³-hybridized carbons (Fsp3) is 0.522. The number of aliphatic hydroxyl groups excluding tert-OH is 1. The summed E-state index contributed by atoms with van der Waals surface area (Å²) in [7, 11) is 0. The SMILES string of the molecule is CCCCCCCCC(O)C=CC=Cc1ccccc1OCCOC(C)=O. The predicted molar refractivity (Wildman–Crippen MR) is 111 cm³/mol. The number of hydrogen-bond donors (Lipinski definition) is 1. The average Bonchev–Trinajstić information content (AvgIpc) is 2.66. The molecule has 1 rings (SSSR count). The minimum atomic E-state index is -0.393. The number of ether oxygens (including phenoxy) is 2. The van der Waals surface area contributed by atoms with Crippen molar-refractivity contribution in [3.8, 4) is 5.75 Å². The molecule has 0 spiro atoms. The van der Waals surface area contributed by atoms with Crippen LogP contribution in [0.25, 0.3) is 6.08 Å². The van der Waals surface area contributed by atoms with E-state index in [-0.39, 0.29) is 12.6 Å². The lowest BCUT2D eigenvalue weighted by Crippen LogP contribution is -2.09.